The van der Waals surface area contributed by atoms with E-state index in [-0.39, 0.29) is 5.69 Å². The Bertz CT molecular complexity index is 564. The maximum atomic E-state index is 10.5. The fraction of sp³-hybridized carbons (Fsp3) is 0. The van der Waals surface area contributed by atoms with E-state index in [0.717, 1.165) is 5.52 Å². The molecule has 70 valence electrons. The first-order valence-electron chi connectivity index (χ1n) is 3.80. The first-order valence-corrected chi connectivity index (χ1v) is 4.21. The van der Waals surface area contributed by atoms with Crippen LogP contribution in [0, 0.1) is 14.8 Å². The van der Waals surface area contributed by atoms with Gasteiger partial charge in [-0.25, -0.2) is 4.98 Å². The molecule has 0 radical (unpaired) electrons. The van der Waals surface area contributed by atoms with Crippen LogP contribution in [0.15, 0.2) is 24.5 Å². The Morgan fingerprint density at radius 1 is 1.50 bits per heavy atom. The number of nitro benzene ring substituents is 1. The van der Waals surface area contributed by atoms with Gasteiger partial charge in [0.15, 0.2) is 0 Å². The number of aromatic nitrogens is 2. The SMILES string of the molecule is O=[N+]([O-])c1ccc2[nH]cnc(=S)c2c1. The molecule has 0 fully saturated rings. The van der Waals surface area contributed by atoms with Gasteiger partial charge in [0.05, 0.1) is 16.8 Å². The number of benzene rings is 1. The molecule has 6 heteroatoms. The van der Waals surface area contributed by atoms with Crippen LogP contribution >= 0.6 is 12.2 Å². The van der Waals surface area contributed by atoms with Crippen molar-refractivity contribution in [2.75, 3.05) is 0 Å². The van der Waals surface area contributed by atoms with E-state index in [1.165, 1.54) is 18.5 Å². The average Bonchev–Trinajstić information content (AvgIpc) is 2.18. The van der Waals surface area contributed by atoms with E-state index < -0.39 is 4.92 Å². The van der Waals surface area contributed by atoms with Crippen LogP contribution in [0.5, 0.6) is 0 Å². The van der Waals surface area contributed by atoms with Gasteiger partial charge >= 0.3 is 0 Å². The molecule has 0 aliphatic heterocycles. The normalized spacial score (nSPS) is 10.3. The zero-order chi connectivity index (χ0) is 10.1. The van der Waals surface area contributed by atoms with Gasteiger partial charge in [0.1, 0.15) is 4.64 Å². The minimum Gasteiger partial charge on any atom is -0.346 e. The number of H-pyrrole nitrogens is 1. The molecular weight excluding hydrogens is 202 g/mol. The predicted molar refractivity (Wildman–Crippen MR) is 53.6 cm³/mol. The van der Waals surface area contributed by atoms with Gasteiger partial charge in [-0.1, -0.05) is 12.2 Å². The summed E-state index contributed by atoms with van der Waals surface area (Å²) in [5.74, 6) is 0. The fourth-order valence-corrected chi connectivity index (χ4v) is 1.40. The number of nitrogens with zero attached hydrogens (tertiary/aromatic N) is 2. The van der Waals surface area contributed by atoms with Crippen molar-refractivity contribution >= 4 is 28.8 Å². The number of fused-ring (bicyclic) bond motifs is 1. The lowest BCUT2D eigenvalue weighted by atomic mass is 10.2. The summed E-state index contributed by atoms with van der Waals surface area (Å²) < 4.78 is 0.363. The second kappa shape index (κ2) is 3.15. The average molecular weight is 207 g/mol. The molecule has 5 nitrogen and oxygen atoms in total. The summed E-state index contributed by atoms with van der Waals surface area (Å²) in [6.45, 7) is 0. The highest BCUT2D eigenvalue weighted by molar-refractivity contribution is 7.71. The molecule has 1 heterocycles. The molecule has 1 aromatic carbocycles. The standard InChI is InChI=1S/C8H5N3O2S/c12-11(13)5-1-2-7-6(3-5)8(14)10-4-9-7/h1-4H,(H,9,10,14). The summed E-state index contributed by atoms with van der Waals surface area (Å²) in [6.07, 6.45) is 1.47. The molecule has 0 aliphatic carbocycles. The summed E-state index contributed by atoms with van der Waals surface area (Å²) >= 11 is 4.95. The van der Waals surface area contributed by atoms with Crippen molar-refractivity contribution in [2.45, 2.75) is 0 Å². The first-order chi connectivity index (χ1) is 6.68. The van der Waals surface area contributed by atoms with Gasteiger partial charge in [0, 0.05) is 17.5 Å². The summed E-state index contributed by atoms with van der Waals surface area (Å²) in [5, 5.41) is 11.1. The highest BCUT2D eigenvalue weighted by atomic mass is 32.1. The van der Waals surface area contributed by atoms with Gasteiger partial charge in [-0.05, 0) is 6.07 Å². The van der Waals surface area contributed by atoms with Crippen molar-refractivity contribution in [2.24, 2.45) is 0 Å². The number of aromatic amines is 1. The van der Waals surface area contributed by atoms with Crippen LogP contribution in [-0.2, 0) is 0 Å². The van der Waals surface area contributed by atoms with Crippen molar-refractivity contribution in [3.05, 3.63) is 39.3 Å². The number of nitro groups is 1. The van der Waals surface area contributed by atoms with Gasteiger partial charge in [0.2, 0.25) is 0 Å². The number of hydrogen-bond acceptors (Lipinski definition) is 4. The zero-order valence-electron chi connectivity index (χ0n) is 6.93. The predicted octanol–water partition coefficient (Wildman–Crippen LogP) is 2.20. The third kappa shape index (κ3) is 1.35. The van der Waals surface area contributed by atoms with E-state index in [1.54, 1.807) is 6.07 Å². The monoisotopic (exact) mass is 207 g/mol. The number of non-ortho nitro benzene ring substituents is 1. The number of nitrogens with one attached hydrogen (secondary N) is 1. The number of hydrogen-bond donors (Lipinski definition) is 1. The molecular formula is C8H5N3O2S. The van der Waals surface area contributed by atoms with Crippen molar-refractivity contribution in [1.82, 2.24) is 9.97 Å². The molecule has 1 N–H and O–H groups in total. The quantitative estimate of drug-likeness (QED) is 0.442. The van der Waals surface area contributed by atoms with E-state index in [1.807, 2.05) is 0 Å². The van der Waals surface area contributed by atoms with Gasteiger partial charge in [-0.15, -0.1) is 0 Å². The molecule has 2 rings (SSSR count). The summed E-state index contributed by atoms with van der Waals surface area (Å²) in [4.78, 5) is 16.7. The third-order valence-electron chi connectivity index (χ3n) is 1.85. The lowest BCUT2D eigenvalue weighted by Crippen LogP contribution is -1.89. The second-order valence-corrected chi connectivity index (χ2v) is 3.08. The van der Waals surface area contributed by atoms with E-state index >= 15 is 0 Å². The smallest absolute Gasteiger partial charge is 0.270 e. The Labute approximate surface area is 83.6 Å². The molecule has 0 unspecified atom stereocenters. The van der Waals surface area contributed by atoms with Crippen LogP contribution in [0.25, 0.3) is 10.9 Å². The van der Waals surface area contributed by atoms with Gasteiger partial charge in [-0.3, -0.25) is 10.1 Å². The van der Waals surface area contributed by atoms with Crippen molar-refractivity contribution in [3.8, 4) is 0 Å². The molecule has 0 saturated carbocycles. The summed E-state index contributed by atoms with van der Waals surface area (Å²) in [7, 11) is 0. The van der Waals surface area contributed by atoms with Crippen LogP contribution < -0.4 is 0 Å². The lowest BCUT2D eigenvalue weighted by molar-refractivity contribution is -0.384. The molecule has 0 aliphatic rings. The van der Waals surface area contributed by atoms with E-state index in [0.29, 0.717) is 10.0 Å². The van der Waals surface area contributed by atoms with E-state index in [4.69, 9.17) is 12.2 Å². The highest BCUT2D eigenvalue weighted by Crippen LogP contribution is 2.18. The highest BCUT2D eigenvalue weighted by Gasteiger charge is 2.06. The van der Waals surface area contributed by atoms with Crippen LogP contribution in [0.2, 0.25) is 0 Å². The van der Waals surface area contributed by atoms with E-state index in [9.17, 15) is 10.1 Å². The molecule has 0 amide bonds. The molecule has 0 saturated heterocycles. The number of rotatable bonds is 1. The second-order valence-electron chi connectivity index (χ2n) is 2.69. The molecule has 2 aromatic rings. The fourth-order valence-electron chi connectivity index (χ4n) is 1.18. The summed E-state index contributed by atoms with van der Waals surface area (Å²) in [6, 6.07) is 4.46. The van der Waals surface area contributed by atoms with Crippen LogP contribution in [0.1, 0.15) is 0 Å². The van der Waals surface area contributed by atoms with Crippen LogP contribution in [-0.4, -0.2) is 14.9 Å². The third-order valence-corrected chi connectivity index (χ3v) is 2.17. The minimum absolute atomic E-state index is 0.0185. The molecule has 0 atom stereocenters. The van der Waals surface area contributed by atoms with Crippen molar-refractivity contribution < 1.29 is 4.92 Å². The Morgan fingerprint density at radius 2 is 2.29 bits per heavy atom. The Hall–Kier alpha value is -1.82. The maximum absolute atomic E-state index is 10.5. The molecule has 0 spiro atoms. The molecule has 0 bridgehead atoms. The summed E-state index contributed by atoms with van der Waals surface area (Å²) in [5.41, 5.74) is 0.764. The Morgan fingerprint density at radius 3 is 3.00 bits per heavy atom. The van der Waals surface area contributed by atoms with Crippen LogP contribution in [0.3, 0.4) is 0 Å². The largest absolute Gasteiger partial charge is 0.346 e. The minimum atomic E-state index is -0.457. The van der Waals surface area contributed by atoms with Gasteiger partial charge < -0.3 is 4.98 Å². The molecule has 1 aromatic heterocycles. The first kappa shape index (κ1) is 8.76. The molecule has 14 heavy (non-hydrogen) atoms. The maximum Gasteiger partial charge on any atom is 0.270 e. The van der Waals surface area contributed by atoms with Gasteiger partial charge in [0.25, 0.3) is 5.69 Å². The Balaban J connectivity index is 2.83. The van der Waals surface area contributed by atoms with E-state index in [2.05, 4.69) is 9.97 Å². The van der Waals surface area contributed by atoms with Crippen molar-refractivity contribution in [1.29, 1.82) is 0 Å². The van der Waals surface area contributed by atoms with Gasteiger partial charge in [-0.2, -0.15) is 0 Å². The van der Waals surface area contributed by atoms with Crippen molar-refractivity contribution in [3.63, 3.8) is 0 Å². The van der Waals surface area contributed by atoms with Crippen LogP contribution in [0.4, 0.5) is 5.69 Å². The zero-order valence-corrected chi connectivity index (χ0v) is 7.75. The Kier molecular flexibility index (Phi) is 1.97. The topological polar surface area (TPSA) is 71.8 Å². The lowest BCUT2D eigenvalue weighted by Gasteiger charge is -1.96.